The van der Waals surface area contributed by atoms with Crippen LogP contribution in [0.25, 0.3) is 0 Å². The van der Waals surface area contributed by atoms with Gasteiger partial charge in [-0.15, -0.1) is 0 Å². The quantitative estimate of drug-likeness (QED) is 0.291. The Bertz CT molecular complexity index is 1100. The zero-order valence-corrected chi connectivity index (χ0v) is 15.9. The SMILES string of the molecule is O=C(OCc1cc(F)c(F)cc1F)c1ccccc1C(=O)OCc1cc(F)c(F)cc1F. The topological polar surface area (TPSA) is 52.6 Å². The van der Waals surface area contributed by atoms with Gasteiger partial charge in [-0.3, -0.25) is 0 Å². The summed E-state index contributed by atoms with van der Waals surface area (Å²) in [6.45, 7) is -1.52. The Kier molecular flexibility index (Phi) is 6.82. The van der Waals surface area contributed by atoms with Crippen molar-refractivity contribution in [3.63, 3.8) is 0 Å². The van der Waals surface area contributed by atoms with Crippen molar-refractivity contribution in [2.45, 2.75) is 13.2 Å². The summed E-state index contributed by atoms with van der Waals surface area (Å²) in [5.41, 5.74) is -1.50. The number of carbonyl (C=O) groups is 2. The molecule has 0 aromatic heterocycles. The molecule has 0 aliphatic carbocycles. The lowest BCUT2D eigenvalue weighted by molar-refractivity contribution is 0.0420. The molecule has 0 fully saturated rings. The van der Waals surface area contributed by atoms with Crippen molar-refractivity contribution in [2.75, 3.05) is 0 Å². The summed E-state index contributed by atoms with van der Waals surface area (Å²) in [4.78, 5) is 24.7. The van der Waals surface area contributed by atoms with E-state index in [0.29, 0.717) is 24.3 Å². The molecule has 4 nitrogen and oxygen atoms in total. The lowest BCUT2D eigenvalue weighted by Gasteiger charge is -2.11. The predicted octanol–water partition coefficient (Wildman–Crippen LogP) is 5.24. The van der Waals surface area contributed by atoms with Crippen LogP contribution in [0.1, 0.15) is 31.8 Å². The maximum Gasteiger partial charge on any atom is 0.339 e. The fourth-order valence-corrected chi connectivity index (χ4v) is 2.63. The van der Waals surface area contributed by atoms with Crippen LogP contribution < -0.4 is 0 Å². The standard InChI is InChI=1S/C22H12F6O4/c23-15-7-19(27)17(25)5-11(15)9-31-21(29)13-3-1-2-4-14(13)22(30)32-10-12-6-18(26)20(28)8-16(12)24/h1-8H,9-10H2. The molecule has 3 aromatic rings. The average Bonchev–Trinajstić information content (AvgIpc) is 2.76. The Hall–Kier alpha value is -3.82. The molecule has 0 unspecified atom stereocenters. The van der Waals surface area contributed by atoms with Crippen molar-refractivity contribution in [2.24, 2.45) is 0 Å². The molecule has 0 N–H and O–H groups in total. The molecule has 3 rings (SSSR count). The third-order valence-corrected chi connectivity index (χ3v) is 4.26. The van der Waals surface area contributed by atoms with Gasteiger partial charge in [-0.1, -0.05) is 12.1 Å². The van der Waals surface area contributed by atoms with E-state index in [2.05, 4.69) is 0 Å². The number of esters is 2. The molecule has 0 saturated carbocycles. The number of hydrogen-bond donors (Lipinski definition) is 0. The zero-order valence-electron chi connectivity index (χ0n) is 15.9. The minimum atomic E-state index is -1.41. The van der Waals surface area contributed by atoms with Crippen LogP contribution in [0, 0.1) is 34.9 Å². The molecule has 0 amide bonds. The van der Waals surface area contributed by atoms with Gasteiger partial charge in [-0.2, -0.15) is 0 Å². The van der Waals surface area contributed by atoms with Crippen LogP contribution in [-0.2, 0) is 22.7 Å². The number of ether oxygens (including phenoxy) is 2. The van der Waals surface area contributed by atoms with Crippen LogP contribution in [0.5, 0.6) is 0 Å². The third kappa shape index (κ3) is 5.08. The van der Waals surface area contributed by atoms with Crippen molar-refractivity contribution in [1.82, 2.24) is 0 Å². The van der Waals surface area contributed by atoms with Gasteiger partial charge in [0.05, 0.1) is 11.1 Å². The second-order valence-corrected chi connectivity index (χ2v) is 6.41. The van der Waals surface area contributed by atoms with Crippen LogP contribution in [-0.4, -0.2) is 11.9 Å². The minimum absolute atomic E-state index is 0.293. The Morgan fingerprint density at radius 3 is 1.28 bits per heavy atom. The second kappa shape index (κ2) is 9.54. The van der Waals surface area contributed by atoms with Crippen LogP contribution in [0.2, 0.25) is 0 Å². The van der Waals surface area contributed by atoms with Gasteiger partial charge in [-0.05, 0) is 24.3 Å². The van der Waals surface area contributed by atoms with Gasteiger partial charge in [0.2, 0.25) is 0 Å². The second-order valence-electron chi connectivity index (χ2n) is 6.41. The highest BCUT2D eigenvalue weighted by Crippen LogP contribution is 2.19. The van der Waals surface area contributed by atoms with Gasteiger partial charge in [0.1, 0.15) is 24.8 Å². The number of halogens is 6. The summed E-state index contributed by atoms with van der Waals surface area (Å²) in [6.07, 6.45) is 0. The first kappa shape index (κ1) is 22.9. The zero-order chi connectivity index (χ0) is 23.4. The molecule has 32 heavy (non-hydrogen) atoms. The van der Waals surface area contributed by atoms with E-state index < -0.39 is 71.2 Å². The smallest absolute Gasteiger partial charge is 0.339 e. The van der Waals surface area contributed by atoms with Crippen molar-refractivity contribution >= 4 is 11.9 Å². The summed E-state index contributed by atoms with van der Waals surface area (Å²) in [5, 5.41) is 0. The van der Waals surface area contributed by atoms with E-state index in [4.69, 9.17) is 9.47 Å². The average molecular weight is 454 g/mol. The first-order chi connectivity index (χ1) is 15.2. The third-order valence-electron chi connectivity index (χ3n) is 4.26. The van der Waals surface area contributed by atoms with Gasteiger partial charge in [0.25, 0.3) is 0 Å². The summed E-state index contributed by atoms with van der Waals surface area (Å²) < 4.78 is 89.6. The van der Waals surface area contributed by atoms with E-state index in [1.54, 1.807) is 0 Å². The van der Waals surface area contributed by atoms with Crippen LogP contribution in [0.15, 0.2) is 48.5 Å². The largest absolute Gasteiger partial charge is 0.457 e. The van der Waals surface area contributed by atoms with E-state index in [0.717, 1.165) is 0 Å². The molecule has 10 heteroatoms. The van der Waals surface area contributed by atoms with Gasteiger partial charge >= 0.3 is 11.9 Å². The molecule has 0 aliphatic rings. The van der Waals surface area contributed by atoms with Crippen LogP contribution >= 0.6 is 0 Å². The van der Waals surface area contributed by atoms with Crippen LogP contribution in [0.3, 0.4) is 0 Å². The summed E-state index contributed by atoms with van der Waals surface area (Å²) in [5.74, 6) is -10.0. The molecule has 166 valence electrons. The normalized spacial score (nSPS) is 10.7. The summed E-state index contributed by atoms with van der Waals surface area (Å²) in [6, 6.07) is 6.74. The predicted molar refractivity (Wildman–Crippen MR) is 97.3 cm³/mol. The number of carbonyl (C=O) groups excluding carboxylic acids is 2. The molecule has 0 saturated heterocycles. The van der Waals surface area contributed by atoms with Gasteiger partial charge in [0, 0.05) is 23.3 Å². The van der Waals surface area contributed by atoms with E-state index in [-0.39, 0.29) is 11.1 Å². The summed E-state index contributed by atoms with van der Waals surface area (Å²) in [7, 11) is 0. The van der Waals surface area contributed by atoms with Crippen molar-refractivity contribution in [3.05, 3.63) is 106 Å². The maximum atomic E-state index is 13.7. The fourth-order valence-electron chi connectivity index (χ4n) is 2.63. The summed E-state index contributed by atoms with van der Waals surface area (Å²) >= 11 is 0. The van der Waals surface area contributed by atoms with Gasteiger partial charge < -0.3 is 9.47 Å². The van der Waals surface area contributed by atoms with E-state index >= 15 is 0 Å². The number of rotatable bonds is 6. The van der Waals surface area contributed by atoms with Crippen molar-refractivity contribution < 1.29 is 45.4 Å². The first-order valence-corrected chi connectivity index (χ1v) is 8.87. The molecule has 0 spiro atoms. The highest BCUT2D eigenvalue weighted by molar-refractivity contribution is 6.03. The van der Waals surface area contributed by atoms with Crippen molar-refractivity contribution in [3.8, 4) is 0 Å². The Balaban J connectivity index is 1.72. The monoisotopic (exact) mass is 454 g/mol. The van der Waals surface area contributed by atoms with E-state index in [1.165, 1.54) is 24.3 Å². The molecule has 0 bridgehead atoms. The first-order valence-electron chi connectivity index (χ1n) is 8.87. The molecular formula is C22H12F6O4. The molecule has 0 atom stereocenters. The highest BCUT2D eigenvalue weighted by atomic mass is 19.2. The van der Waals surface area contributed by atoms with Crippen LogP contribution in [0.4, 0.5) is 26.3 Å². The fraction of sp³-hybridized carbons (Fsp3) is 0.0909. The minimum Gasteiger partial charge on any atom is -0.457 e. The number of benzene rings is 3. The molecular weight excluding hydrogens is 442 g/mol. The van der Waals surface area contributed by atoms with Gasteiger partial charge in [-0.25, -0.2) is 35.9 Å². The van der Waals surface area contributed by atoms with Gasteiger partial charge in [0.15, 0.2) is 23.3 Å². The lowest BCUT2D eigenvalue weighted by Crippen LogP contribution is -2.14. The lowest BCUT2D eigenvalue weighted by atomic mass is 10.1. The van der Waals surface area contributed by atoms with Crippen molar-refractivity contribution in [1.29, 1.82) is 0 Å². The van der Waals surface area contributed by atoms with E-state index in [1.807, 2.05) is 0 Å². The Labute approximate surface area is 177 Å². The maximum absolute atomic E-state index is 13.7. The molecule has 0 aliphatic heterocycles. The van der Waals surface area contributed by atoms with E-state index in [9.17, 15) is 35.9 Å². The highest BCUT2D eigenvalue weighted by Gasteiger charge is 2.21. The molecule has 3 aromatic carbocycles. The Morgan fingerprint density at radius 2 is 0.906 bits per heavy atom. The number of hydrogen-bond acceptors (Lipinski definition) is 4. The molecule has 0 radical (unpaired) electrons. The molecule has 0 heterocycles. The Morgan fingerprint density at radius 1 is 0.562 bits per heavy atom.